The minimum absolute atomic E-state index is 0.0980. The number of ether oxygens (including phenoxy) is 4. The van der Waals surface area contributed by atoms with Crippen molar-refractivity contribution in [3.8, 4) is 28.7 Å². The first-order chi connectivity index (χ1) is 25.8. The third kappa shape index (κ3) is 6.73. The van der Waals surface area contributed by atoms with E-state index in [9.17, 15) is 9.59 Å². The molecule has 0 spiro atoms. The smallest absolute Gasteiger partial charge is 0.340 e. The molecular weight excluding hydrogens is 705 g/mol. The molecule has 4 aromatic rings. The number of hydrogen-bond acceptors (Lipinski definition) is 8. The maximum atomic E-state index is 14.0. The average molecular weight is 759 g/mol. The van der Waals surface area contributed by atoms with Crippen LogP contribution in [0, 0.1) is 0 Å². The summed E-state index contributed by atoms with van der Waals surface area (Å²) < 4.78 is 40.0. The SMILES string of the molecule is C=CC(C)(C)Oc1c2c(c(Oc3c4c(c(C(C)(C)C=C)c5oc(=O)c(C(C)(C)C=C)cc35)OC(C)(C)C=C4)c3oc(=O)c(C(C)(C)C=C)cc13)OC(C)(C)C=C2. The van der Waals surface area contributed by atoms with Crippen molar-refractivity contribution < 1.29 is 27.8 Å². The minimum atomic E-state index is -0.835. The summed E-state index contributed by atoms with van der Waals surface area (Å²) in [5, 5.41) is 0.959. The molecule has 0 bridgehead atoms. The molecule has 4 heterocycles. The molecule has 8 nitrogen and oxygen atoms in total. The van der Waals surface area contributed by atoms with Gasteiger partial charge in [0.05, 0.1) is 21.9 Å². The van der Waals surface area contributed by atoms with E-state index < -0.39 is 44.3 Å². The lowest BCUT2D eigenvalue weighted by molar-refractivity contribution is 0.144. The van der Waals surface area contributed by atoms with Gasteiger partial charge in [0.25, 0.3) is 0 Å². The van der Waals surface area contributed by atoms with E-state index in [0.29, 0.717) is 61.6 Å². The van der Waals surface area contributed by atoms with E-state index in [4.69, 9.17) is 27.8 Å². The van der Waals surface area contributed by atoms with Crippen LogP contribution in [-0.2, 0) is 16.2 Å². The summed E-state index contributed by atoms with van der Waals surface area (Å²) in [4.78, 5) is 28.0. The lowest BCUT2D eigenvalue weighted by Gasteiger charge is -2.35. The van der Waals surface area contributed by atoms with Crippen molar-refractivity contribution in [1.29, 1.82) is 0 Å². The maximum absolute atomic E-state index is 14.0. The monoisotopic (exact) mass is 758 g/mol. The van der Waals surface area contributed by atoms with E-state index in [1.165, 1.54) is 0 Å². The summed E-state index contributed by atoms with van der Waals surface area (Å²) in [6.45, 7) is 39.2. The van der Waals surface area contributed by atoms with Crippen molar-refractivity contribution in [2.24, 2.45) is 0 Å². The average Bonchev–Trinajstić information content (AvgIpc) is 3.11. The molecule has 0 N–H and O–H groups in total. The highest BCUT2D eigenvalue weighted by molar-refractivity contribution is 6.00. The van der Waals surface area contributed by atoms with Gasteiger partial charge in [0, 0.05) is 32.9 Å². The summed E-state index contributed by atoms with van der Waals surface area (Å²) in [5.74, 6) is 1.61. The molecule has 0 fully saturated rings. The maximum Gasteiger partial charge on any atom is 0.340 e. The van der Waals surface area contributed by atoms with Crippen molar-refractivity contribution in [1.82, 2.24) is 0 Å². The van der Waals surface area contributed by atoms with Crippen LogP contribution in [0.1, 0.15) is 111 Å². The minimum Gasteiger partial charge on any atom is -0.483 e. The summed E-state index contributed by atoms with van der Waals surface area (Å²) in [5.41, 5.74) is -2.79. The van der Waals surface area contributed by atoms with E-state index in [2.05, 4.69) is 26.3 Å². The van der Waals surface area contributed by atoms with Crippen LogP contribution in [-0.4, -0.2) is 16.8 Å². The van der Waals surface area contributed by atoms with Crippen LogP contribution >= 0.6 is 0 Å². The van der Waals surface area contributed by atoms with Gasteiger partial charge in [-0.1, -0.05) is 66.3 Å². The topological polar surface area (TPSA) is 97.3 Å². The van der Waals surface area contributed by atoms with Gasteiger partial charge in [-0.05, 0) is 84.1 Å². The fourth-order valence-corrected chi connectivity index (χ4v) is 6.79. The van der Waals surface area contributed by atoms with Gasteiger partial charge in [-0.15, -0.1) is 19.7 Å². The Hall–Kier alpha value is -5.50. The Labute approximate surface area is 329 Å². The molecule has 0 amide bonds. The quantitative estimate of drug-likeness (QED) is 0.110. The number of fused-ring (bicyclic) bond motifs is 4. The van der Waals surface area contributed by atoms with E-state index in [1.807, 2.05) is 107 Å². The third-order valence-electron chi connectivity index (χ3n) is 10.9. The molecule has 8 heteroatoms. The van der Waals surface area contributed by atoms with E-state index in [0.717, 1.165) is 0 Å². The van der Waals surface area contributed by atoms with Crippen molar-refractivity contribution in [2.45, 2.75) is 116 Å². The lowest BCUT2D eigenvalue weighted by Crippen LogP contribution is -2.31. The van der Waals surface area contributed by atoms with Crippen molar-refractivity contribution >= 4 is 34.1 Å². The standard InChI is InChI=1S/C48H54O8/c1-17-43(5,6)31-25-29-34(27-21-23-47(13,14)55-37(27)33(45(9,10)19-3)36(29)52-41(31)49)51-40-38-30(26-32(42(50)53-38)44(7,8)18-2)35(54-46(11,12)20-4)28-22-24-48(15,16)56-39(28)40/h17-26H,1-4H2,5-16H3. The summed E-state index contributed by atoms with van der Waals surface area (Å²) in [7, 11) is 0. The van der Waals surface area contributed by atoms with Gasteiger partial charge >= 0.3 is 11.3 Å². The molecule has 56 heavy (non-hydrogen) atoms. The second kappa shape index (κ2) is 13.0. The fraction of sp³-hybridized carbons (Fsp3) is 0.375. The molecule has 2 aliphatic heterocycles. The zero-order valence-corrected chi connectivity index (χ0v) is 34.9. The first kappa shape index (κ1) is 40.2. The molecule has 0 saturated carbocycles. The third-order valence-corrected chi connectivity index (χ3v) is 10.9. The zero-order valence-electron chi connectivity index (χ0n) is 34.9. The number of benzene rings is 2. The Morgan fingerprint density at radius 3 is 1.52 bits per heavy atom. The number of hydrogen-bond donors (Lipinski definition) is 0. The number of allylic oxidation sites excluding steroid dienone is 3. The molecule has 0 aliphatic carbocycles. The fourth-order valence-electron chi connectivity index (χ4n) is 6.79. The lowest BCUT2D eigenvalue weighted by atomic mass is 9.79. The van der Waals surface area contributed by atoms with Crippen LogP contribution in [0.15, 0.2) is 93.3 Å². The molecule has 6 rings (SSSR count). The molecule has 0 unspecified atom stereocenters. The van der Waals surface area contributed by atoms with E-state index >= 15 is 0 Å². The van der Waals surface area contributed by atoms with Crippen LogP contribution in [0.4, 0.5) is 0 Å². The molecule has 2 aliphatic rings. The molecule has 2 aromatic carbocycles. The Balaban J connectivity index is 1.85. The zero-order chi connectivity index (χ0) is 41.6. The highest BCUT2D eigenvalue weighted by atomic mass is 16.5. The van der Waals surface area contributed by atoms with Crippen LogP contribution in [0.3, 0.4) is 0 Å². The predicted molar refractivity (Wildman–Crippen MR) is 227 cm³/mol. The Morgan fingerprint density at radius 2 is 1.04 bits per heavy atom. The highest BCUT2D eigenvalue weighted by Crippen LogP contribution is 2.56. The van der Waals surface area contributed by atoms with Gasteiger partial charge in [-0.25, -0.2) is 9.59 Å². The van der Waals surface area contributed by atoms with Crippen LogP contribution in [0.5, 0.6) is 28.7 Å². The molecule has 0 atom stereocenters. The van der Waals surface area contributed by atoms with Gasteiger partial charge in [0.2, 0.25) is 5.75 Å². The van der Waals surface area contributed by atoms with Crippen LogP contribution in [0.2, 0.25) is 0 Å². The van der Waals surface area contributed by atoms with E-state index in [-0.39, 0.29) is 16.9 Å². The van der Waals surface area contributed by atoms with Gasteiger partial charge in [-0.3, -0.25) is 0 Å². The normalized spacial score (nSPS) is 16.0. The number of rotatable bonds is 11. The van der Waals surface area contributed by atoms with Gasteiger partial charge in [0.15, 0.2) is 11.3 Å². The Morgan fingerprint density at radius 1 is 0.589 bits per heavy atom. The molecule has 294 valence electrons. The second-order valence-corrected chi connectivity index (χ2v) is 18.1. The van der Waals surface area contributed by atoms with E-state index in [1.54, 1.807) is 36.4 Å². The molecule has 0 radical (unpaired) electrons. The predicted octanol–water partition coefficient (Wildman–Crippen LogP) is 11.8. The molecular formula is C48H54O8. The Kier molecular flexibility index (Phi) is 9.35. The van der Waals surface area contributed by atoms with Crippen LogP contribution in [0.25, 0.3) is 34.1 Å². The first-order valence-electron chi connectivity index (χ1n) is 18.9. The molecule has 0 saturated heterocycles. The van der Waals surface area contributed by atoms with Crippen molar-refractivity contribution in [2.75, 3.05) is 0 Å². The summed E-state index contributed by atoms with van der Waals surface area (Å²) >= 11 is 0. The first-order valence-corrected chi connectivity index (χ1v) is 18.9. The van der Waals surface area contributed by atoms with Crippen LogP contribution < -0.4 is 30.2 Å². The summed E-state index contributed by atoms with van der Waals surface area (Å²) in [6.07, 6.45) is 14.7. The van der Waals surface area contributed by atoms with Gasteiger partial charge in [0.1, 0.15) is 39.6 Å². The van der Waals surface area contributed by atoms with Crippen molar-refractivity contribution in [3.05, 3.63) is 124 Å². The van der Waals surface area contributed by atoms with Gasteiger partial charge < -0.3 is 27.8 Å². The van der Waals surface area contributed by atoms with Gasteiger partial charge in [-0.2, -0.15) is 0 Å². The second-order valence-electron chi connectivity index (χ2n) is 18.1. The highest BCUT2D eigenvalue weighted by Gasteiger charge is 2.39. The van der Waals surface area contributed by atoms with Crippen molar-refractivity contribution in [3.63, 3.8) is 0 Å². The molecule has 2 aromatic heterocycles. The summed E-state index contributed by atoms with van der Waals surface area (Å²) in [6, 6.07) is 3.57. The Bertz CT molecular complexity index is 2540. The largest absolute Gasteiger partial charge is 0.483 e.